The Labute approximate surface area is 127 Å². The normalized spacial score (nSPS) is 10.3. The Morgan fingerprint density at radius 3 is 1.44 bits per heavy atom. The van der Waals surface area contributed by atoms with Gasteiger partial charge in [0.25, 0.3) is 0 Å². The Morgan fingerprint density at radius 2 is 1.11 bits per heavy atom. The number of rotatable bonds is 4. The van der Waals surface area contributed by atoms with Crippen LogP contribution < -0.4 is 9.05 Å². The Hall–Kier alpha value is -0.770. The Bertz CT molecular complexity index is 473. The van der Waals surface area contributed by atoms with E-state index in [9.17, 15) is 9.46 Å². The SMILES string of the molecule is O=P(O)(Oc1ccccc1)Oc1ccccc1.[NaH]. The number of benzene rings is 2. The van der Waals surface area contributed by atoms with E-state index in [1.807, 2.05) is 0 Å². The molecule has 6 heteroatoms. The van der Waals surface area contributed by atoms with Crippen LogP contribution in [0.2, 0.25) is 0 Å². The number of hydrogen-bond donors (Lipinski definition) is 1. The molecule has 90 valence electrons. The summed E-state index contributed by atoms with van der Waals surface area (Å²) in [6, 6.07) is 16.7. The number of phosphoric ester groups is 1. The van der Waals surface area contributed by atoms with Crippen molar-refractivity contribution >= 4 is 37.4 Å². The average Bonchev–Trinajstić information content (AvgIpc) is 2.30. The van der Waals surface area contributed by atoms with E-state index in [1.54, 1.807) is 60.7 Å². The molecule has 1 N–H and O–H groups in total. The van der Waals surface area contributed by atoms with Crippen LogP contribution >= 0.6 is 7.82 Å². The van der Waals surface area contributed by atoms with Gasteiger partial charge in [-0.2, -0.15) is 0 Å². The third kappa shape index (κ3) is 4.84. The second-order valence-electron chi connectivity index (χ2n) is 3.28. The van der Waals surface area contributed by atoms with Crippen LogP contribution in [0.25, 0.3) is 0 Å². The van der Waals surface area contributed by atoms with Crippen LogP contribution in [0.4, 0.5) is 0 Å². The second kappa shape index (κ2) is 6.98. The monoisotopic (exact) mass is 274 g/mol. The van der Waals surface area contributed by atoms with Crippen molar-refractivity contribution in [3.05, 3.63) is 60.7 Å². The maximum absolute atomic E-state index is 11.7. The molecule has 18 heavy (non-hydrogen) atoms. The van der Waals surface area contributed by atoms with E-state index >= 15 is 0 Å². The van der Waals surface area contributed by atoms with Gasteiger partial charge in [-0.05, 0) is 24.3 Å². The van der Waals surface area contributed by atoms with Crippen LogP contribution in [0.3, 0.4) is 0 Å². The first-order chi connectivity index (χ1) is 8.16. The van der Waals surface area contributed by atoms with E-state index in [0.29, 0.717) is 0 Å². The molecule has 0 saturated heterocycles. The number of para-hydroxylation sites is 2. The van der Waals surface area contributed by atoms with Gasteiger partial charge in [-0.25, -0.2) is 4.57 Å². The van der Waals surface area contributed by atoms with Crippen molar-refractivity contribution in [1.82, 2.24) is 0 Å². The number of phosphoric acid groups is 1. The first-order valence-electron chi connectivity index (χ1n) is 4.98. The van der Waals surface area contributed by atoms with E-state index < -0.39 is 7.82 Å². The van der Waals surface area contributed by atoms with Gasteiger partial charge in [0, 0.05) is 0 Å². The first kappa shape index (κ1) is 15.3. The molecular formula is C12H12NaO4P. The molecule has 0 saturated carbocycles. The minimum absolute atomic E-state index is 0. The van der Waals surface area contributed by atoms with E-state index in [-0.39, 0.29) is 41.1 Å². The molecule has 2 rings (SSSR count). The second-order valence-corrected chi connectivity index (χ2v) is 4.58. The van der Waals surface area contributed by atoms with Gasteiger partial charge < -0.3 is 9.05 Å². The molecule has 0 aliphatic carbocycles. The fraction of sp³-hybridized carbons (Fsp3) is 0. The van der Waals surface area contributed by atoms with Crippen molar-refractivity contribution in [2.45, 2.75) is 0 Å². The van der Waals surface area contributed by atoms with Crippen LogP contribution in [0.1, 0.15) is 0 Å². The van der Waals surface area contributed by atoms with E-state index in [4.69, 9.17) is 9.05 Å². The first-order valence-corrected chi connectivity index (χ1v) is 6.47. The Morgan fingerprint density at radius 1 is 0.778 bits per heavy atom. The van der Waals surface area contributed by atoms with Gasteiger partial charge in [-0.1, -0.05) is 36.4 Å². The molecule has 0 radical (unpaired) electrons. The van der Waals surface area contributed by atoms with Gasteiger partial charge in [0.05, 0.1) is 0 Å². The molecular weight excluding hydrogens is 262 g/mol. The molecule has 0 atom stereocenters. The van der Waals surface area contributed by atoms with Gasteiger partial charge >= 0.3 is 37.4 Å². The van der Waals surface area contributed by atoms with Crippen molar-refractivity contribution in [1.29, 1.82) is 0 Å². The topological polar surface area (TPSA) is 55.8 Å². The zero-order valence-electron chi connectivity index (χ0n) is 8.89. The zero-order chi connectivity index (χ0) is 12.1. The fourth-order valence-corrected chi connectivity index (χ4v) is 2.06. The molecule has 2 aromatic rings. The molecule has 0 spiro atoms. The summed E-state index contributed by atoms with van der Waals surface area (Å²) in [5.74, 6) is 0.573. The Kier molecular flexibility index (Phi) is 5.93. The molecule has 0 bridgehead atoms. The zero-order valence-corrected chi connectivity index (χ0v) is 9.79. The van der Waals surface area contributed by atoms with Crippen molar-refractivity contribution in [3.8, 4) is 11.5 Å². The summed E-state index contributed by atoms with van der Waals surface area (Å²) in [6.45, 7) is 0. The third-order valence-corrected chi connectivity index (χ3v) is 2.81. The van der Waals surface area contributed by atoms with Crippen LogP contribution in [-0.4, -0.2) is 34.5 Å². The van der Waals surface area contributed by atoms with Crippen LogP contribution in [-0.2, 0) is 4.57 Å². The van der Waals surface area contributed by atoms with Crippen molar-refractivity contribution in [2.24, 2.45) is 0 Å². The summed E-state index contributed by atoms with van der Waals surface area (Å²) in [6.07, 6.45) is 0. The maximum atomic E-state index is 11.7. The average molecular weight is 274 g/mol. The van der Waals surface area contributed by atoms with Crippen molar-refractivity contribution < 1.29 is 18.5 Å². The van der Waals surface area contributed by atoms with E-state index in [1.165, 1.54) is 0 Å². The molecule has 4 nitrogen and oxygen atoms in total. The third-order valence-electron chi connectivity index (χ3n) is 1.93. The van der Waals surface area contributed by atoms with Gasteiger partial charge in [0.1, 0.15) is 11.5 Å². The molecule has 0 amide bonds. The van der Waals surface area contributed by atoms with E-state index in [2.05, 4.69) is 0 Å². The number of hydrogen-bond acceptors (Lipinski definition) is 3. The molecule has 0 aliphatic heterocycles. The quantitative estimate of drug-likeness (QED) is 0.687. The summed E-state index contributed by atoms with van der Waals surface area (Å²) >= 11 is 0. The van der Waals surface area contributed by atoms with Crippen LogP contribution in [0, 0.1) is 0 Å². The van der Waals surface area contributed by atoms with E-state index in [0.717, 1.165) is 0 Å². The molecule has 0 aromatic heterocycles. The van der Waals surface area contributed by atoms with Gasteiger partial charge in [0.15, 0.2) is 0 Å². The predicted molar refractivity (Wildman–Crippen MR) is 71.1 cm³/mol. The molecule has 0 heterocycles. The molecule has 0 unspecified atom stereocenters. The Balaban J connectivity index is 0.00000162. The summed E-state index contributed by atoms with van der Waals surface area (Å²) in [5.41, 5.74) is 0. The van der Waals surface area contributed by atoms with Crippen LogP contribution in [0.5, 0.6) is 11.5 Å². The molecule has 0 fully saturated rings. The summed E-state index contributed by atoms with van der Waals surface area (Å²) in [7, 11) is -4.14. The summed E-state index contributed by atoms with van der Waals surface area (Å²) in [5, 5.41) is 0. The summed E-state index contributed by atoms with van der Waals surface area (Å²) < 4.78 is 21.5. The van der Waals surface area contributed by atoms with Crippen molar-refractivity contribution in [2.75, 3.05) is 0 Å². The molecule has 0 aliphatic rings. The predicted octanol–water partition coefficient (Wildman–Crippen LogP) is 2.60. The standard InChI is InChI=1S/C12H11O4P.Na.H/c13-17(14,15-11-7-3-1-4-8-11)16-12-9-5-2-6-10-12;;/h1-10H,(H,13,14);;. The molecule has 2 aromatic carbocycles. The van der Waals surface area contributed by atoms with Gasteiger partial charge in [-0.15, -0.1) is 0 Å². The van der Waals surface area contributed by atoms with Crippen LogP contribution in [0.15, 0.2) is 60.7 Å². The van der Waals surface area contributed by atoms with Gasteiger partial charge in [0.2, 0.25) is 0 Å². The summed E-state index contributed by atoms with van der Waals surface area (Å²) in [4.78, 5) is 9.53. The fourth-order valence-electron chi connectivity index (χ4n) is 1.25. The minimum atomic E-state index is -4.14. The van der Waals surface area contributed by atoms with Gasteiger partial charge in [-0.3, -0.25) is 4.89 Å². The van der Waals surface area contributed by atoms with Crippen molar-refractivity contribution in [3.63, 3.8) is 0 Å².